The number of nitrogens with one attached hydrogen (secondary N) is 1. The summed E-state index contributed by atoms with van der Waals surface area (Å²) >= 11 is 0.992. The average molecular weight is 396 g/mol. The number of hydrogen-bond acceptors (Lipinski definition) is 8. The smallest absolute Gasteiger partial charge is 0.744 e. The zero-order valence-corrected chi connectivity index (χ0v) is 17.6. The van der Waals surface area contributed by atoms with E-state index >= 15 is 0 Å². The minimum absolute atomic E-state index is 0. The number of benzene rings is 1. The van der Waals surface area contributed by atoms with Gasteiger partial charge in [-0.2, -0.15) is 4.33 Å². The van der Waals surface area contributed by atoms with Crippen LogP contribution >= 0.6 is 12.0 Å². The second-order valence-corrected chi connectivity index (χ2v) is 7.50. The van der Waals surface area contributed by atoms with Crippen molar-refractivity contribution in [3.8, 4) is 0 Å². The van der Waals surface area contributed by atoms with Gasteiger partial charge in [-0.05, 0) is 24.6 Å². The first-order valence-corrected chi connectivity index (χ1v) is 9.84. The molecule has 0 bridgehead atoms. The predicted molar refractivity (Wildman–Crippen MR) is 77.0 cm³/mol. The Balaban J connectivity index is 0.00000441. The first-order valence-electron chi connectivity index (χ1n) is 5.63. The van der Waals surface area contributed by atoms with Gasteiger partial charge in [-0.1, -0.05) is 6.07 Å². The van der Waals surface area contributed by atoms with Gasteiger partial charge < -0.3 is 4.55 Å². The zero-order valence-electron chi connectivity index (χ0n) is 12.0. The molecular formula is C10H14KNO7S3. The molecule has 0 radical (unpaired) electrons. The fourth-order valence-electron chi connectivity index (χ4n) is 1.34. The summed E-state index contributed by atoms with van der Waals surface area (Å²) in [5.74, 6) is -0.237. The number of rotatable bonds is 9. The van der Waals surface area contributed by atoms with Crippen LogP contribution in [0.5, 0.6) is 0 Å². The molecule has 0 unspecified atom stereocenters. The van der Waals surface area contributed by atoms with E-state index in [9.17, 15) is 21.4 Å². The second-order valence-electron chi connectivity index (χ2n) is 3.81. The Morgan fingerprint density at radius 3 is 2.55 bits per heavy atom. The minimum atomic E-state index is -4.63. The monoisotopic (exact) mass is 395 g/mol. The Hall–Kier alpha value is 0.786. The molecule has 0 spiro atoms. The van der Waals surface area contributed by atoms with Gasteiger partial charge in [0, 0.05) is 24.0 Å². The first kappa shape index (κ1) is 22.8. The van der Waals surface area contributed by atoms with Crippen LogP contribution in [0, 0.1) is 0 Å². The molecule has 0 heterocycles. The van der Waals surface area contributed by atoms with Crippen LogP contribution in [0.3, 0.4) is 0 Å². The van der Waals surface area contributed by atoms with Crippen LogP contribution in [0.2, 0.25) is 0 Å². The van der Waals surface area contributed by atoms with E-state index in [0.717, 1.165) is 24.2 Å². The van der Waals surface area contributed by atoms with E-state index in [1.807, 2.05) is 0 Å². The van der Waals surface area contributed by atoms with E-state index in [0.29, 0.717) is 0 Å². The van der Waals surface area contributed by atoms with E-state index in [1.54, 1.807) is 6.26 Å². The van der Waals surface area contributed by atoms with Crippen LogP contribution in [-0.2, 0) is 29.4 Å². The van der Waals surface area contributed by atoms with Crippen LogP contribution < -0.4 is 56.1 Å². The van der Waals surface area contributed by atoms with E-state index in [4.69, 9.17) is 0 Å². The van der Waals surface area contributed by atoms with Crippen LogP contribution in [-0.4, -0.2) is 40.0 Å². The van der Waals surface area contributed by atoms with E-state index in [1.165, 1.54) is 12.1 Å². The van der Waals surface area contributed by atoms with Gasteiger partial charge in [-0.3, -0.25) is 4.72 Å². The molecule has 1 rings (SSSR count). The third-order valence-electron chi connectivity index (χ3n) is 2.15. The maximum Gasteiger partial charge on any atom is 1.00 e. The second kappa shape index (κ2) is 10.6. The number of anilines is 1. The first-order chi connectivity index (χ1) is 9.74. The van der Waals surface area contributed by atoms with Gasteiger partial charge in [0.1, 0.15) is 10.1 Å². The summed E-state index contributed by atoms with van der Waals surface area (Å²) < 4.78 is 62.8. The van der Waals surface area contributed by atoms with Crippen molar-refractivity contribution in [3.05, 3.63) is 24.3 Å². The summed E-state index contributed by atoms with van der Waals surface area (Å²) in [6.45, 7) is 0.0940. The van der Waals surface area contributed by atoms with Gasteiger partial charge in [-0.25, -0.2) is 21.7 Å². The Morgan fingerprint density at radius 1 is 1.27 bits per heavy atom. The number of hydrogen-bond donors (Lipinski definition) is 1. The fourth-order valence-corrected chi connectivity index (χ4v) is 3.10. The molecule has 1 aromatic rings. The van der Waals surface area contributed by atoms with Crippen molar-refractivity contribution < 1.29 is 82.0 Å². The Morgan fingerprint density at radius 2 is 1.95 bits per heavy atom. The van der Waals surface area contributed by atoms with Crippen molar-refractivity contribution in [3.63, 3.8) is 0 Å². The van der Waals surface area contributed by atoms with E-state index in [-0.39, 0.29) is 75.9 Å². The van der Waals surface area contributed by atoms with Gasteiger partial charge in [0.15, 0.2) is 0 Å². The normalized spacial score (nSPS) is 11.7. The fraction of sp³-hybridized carbons (Fsp3) is 0.400. The molecule has 0 aliphatic rings. The Kier molecular flexibility index (Phi) is 11.0. The third-order valence-corrected chi connectivity index (χ3v) is 4.59. The molecule has 120 valence electrons. The van der Waals surface area contributed by atoms with Crippen molar-refractivity contribution in [2.24, 2.45) is 0 Å². The molecule has 8 nitrogen and oxygen atoms in total. The Bertz CT molecular complexity index is 663. The van der Waals surface area contributed by atoms with Crippen molar-refractivity contribution in [1.29, 1.82) is 0 Å². The van der Waals surface area contributed by atoms with Crippen LogP contribution in [0.4, 0.5) is 5.69 Å². The summed E-state index contributed by atoms with van der Waals surface area (Å²) in [7, 11) is -8.31. The van der Waals surface area contributed by atoms with Gasteiger partial charge in [0.25, 0.3) is 0 Å². The van der Waals surface area contributed by atoms with Crippen LogP contribution in [0.15, 0.2) is 29.2 Å². The molecule has 1 aromatic carbocycles. The van der Waals surface area contributed by atoms with Crippen LogP contribution in [0.25, 0.3) is 0 Å². The molecule has 0 aliphatic heterocycles. The van der Waals surface area contributed by atoms with Gasteiger partial charge >= 0.3 is 51.4 Å². The molecule has 0 atom stereocenters. The molecule has 0 saturated carbocycles. The largest absolute Gasteiger partial charge is 1.00 e. The molecular weight excluding hydrogens is 381 g/mol. The van der Waals surface area contributed by atoms with Crippen molar-refractivity contribution in [2.75, 3.05) is 23.3 Å². The zero-order chi connectivity index (χ0) is 15.9. The topological polar surface area (TPSA) is 122 Å². The summed E-state index contributed by atoms with van der Waals surface area (Å²) in [4.78, 5) is 4.14. The summed E-state index contributed by atoms with van der Waals surface area (Å²) in [6, 6.07) is 4.68. The maximum absolute atomic E-state index is 11.8. The summed E-state index contributed by atoms with van der Waals surface area (Å²) in [5, 5.41) is 0. The van der Waals surface area contributed by atoms with Crippen molar-refractivity contribution >= 4 is 37.9 Å². The molecule has 1 N–H and O–H groups in total. The predicted octanol–water partition coefficient (Wildman–Crippen LogP) is -2.05. The molecule has 0 aliphatic carbocycles. The Labute approximate surface area is 176 Å². The minimum Gasteiger partial charge on any atom is -0.744 e. The maximum atomic E-state index is 11.8. The van der Waals surface area contributed by atoms with Crippen molar-refractivity contribution in [2.45, 2.75) is 11.3 Å². The third kappa shape index (κ3) is 9.17. The molecule has 0 fully saturated rings. The summed E-state index contributed by atoms with van der Waals surface area (Å²) in [5.41, 5.74) is 0.00760. The molecule has 0 saturated heterocycles. The quantitative estimate of drug-likeness (QED) is 0.127. The molecule has 0 aromatic heterocycles. The average Bonchev–Trinajstić information content (AvgIpc) is 2.37. The molecule has 12 heteroatoms. The standard InChI is InChI=1S/C10H15NO7S3.K/c1-19-18-17-6-3-7-20(12,13)11-9-4-2-5-10(8-9)21(14,15)16;/h2,4-5,8,11H,3,6-7H2,1H3,(H,14,15,16);/q;+1/p-1. The van der Waals surface area contributed by atoms with Crippen molar-refractivity contribution in [1.82, 2.24) is 0 Å². The number of sulfonamides is 1. The SMILES string of the molecule is CSOOCCCS(=O)(=O)Nc1cccc(S(=O)(=O)[O-])c1.[K+]. The van der Waals surface area contributed by atoms with Gasteiger partial charge in [0.2, 0.25) is 10.0 Å². The van der Waals surface area contributed by atoms with E-state index < -0.39 is 25.0 Å². The molecule has 22 heavy (non-hydrogen) atoms. The van der Waals surface area contributed by atoms with Crippen LogP contribution in [0.1, 0.15) is 6.42 Å². The molecule has 0 amide bonds. The summed E-state index contributed by atoms with van der Waals surface area (Å²) in [6.07, 6.45) is 1.84. The van der Waals surface area contributed by atoms with Gasteiger partial charge in [-0.15, -0.1) is 0 Å². The van der Waals surface area contributed by atoms with E-state index in [2.05, 4.69) is 13.9 Å². The van der Waals surface area contributed by atoms with Gasteiger partial charge in [0.05, 0.1) is 17.3 Å².